The zero-order valence-electron chi connectivity index (χ0n) is 9.57. The van der Waals surface area contributed by atoms with Crippen LogP contribution in [0.5, 0.6) is 0 Å². The predicted octanol–water partition coefficient (Wildman–Crippen LogP) is 2.11. The van der Waals surface area contributed by atoms with Crippen molar-refractivity contribution in [2.75, 3.05) is 0 Å². The standard InChI is InChI=1S/C12H13FO3S/c1-12(2,14)6-8-7-17(15,16)10-5-3-4-9(13)11(8)10/h3-5,7,14H,6H2,1-2H3. The van der Waals surface area contributed by atoms with Crippen molar-refractivity contribution >= 4 is 15.4 Å². The normalized spacial score (nSPS) is 17.8. The topological polar surface area (TPSA) is 54.4 Å². The molecule has 0 aromatic heterocycles. The number of aliphatic hydroxyl groups is 1. The monoisotopic (exact) mass is 256 g/mol. The van der Waals surface area contributed by atoms with E-state index < -0.39 is 21.3 Å². The maximum absolute atomic E-state index is 13.7. The highest BCUT2D eigenvalue weighted by Crippen LogP contribution is 2.38. The molecule has 1 aliphatic rings. The molecular weight excluding hydrogens is 243 g/mol. The van der Waals surface area contributed by atoms with Crippen molar-refractivity contribution in [2.45, 2.75) is 30.8 Å². The quantitative estimate of drug-likeness (QED) is 0.881. The fourth-order valence-electron chi connectivity index (χ4n) is 1.96. The molecule has 0 saturated heterocycles. The molecule has 0 unspecified atom stereocenters. The van der Waals surface area contributed by atoms with E-state index in [4.69, 9.17) is 0 Å². The molecule has 3 nitrogen and oxygen atoms in total. The van der Waals surface area contributed by atoms with Gasteiger partial charge in [0.15, 0.2) is 0 Å². The third-order valence-electron chi connectivity index (χ3n) is 2.52. The van der Waals surface area contributed by atoms with Gasteiger partial charge in [-0.1, -0.05) is 6.07 Å². The summed E-state index contributed by atoms with van der Waals surface area (Å²) < 4.78 is 37.2. The summed E-state index contributed by atoms with van der Waals surface area (Å²) in [6, 6.07) is 3.96. The molecule has 1 aromatic carbocycles. The van der Waals surface area contributed by atoms with Crippen LogP contribution in [0.25, 0.3) is 5.57 Å². The molecule has 17 heavy (non-hydrogen) atoms. The second-order valence-corrected chi connectivity index (χ2v) is 6.56. The van der Waals surface area contributed by atoms with Gasteiger partial charge >= 0.3 is 0 Å². The van der Waals surface area contributed by atoms with Crippen LogP contribution < -0.4 is 0 Å². The molecule has 0 amide bonds. The zero-order chi connectivity index (χ0) is 12.8. The zero-order valence-corrected chi connectivity index (χ0v) is 10.4. The Kier molecular flexibility index (Phi) is 2.63. The largest absolute Gasteiger partial charge is 0.390 e. The summed E-state index contributed by atoms with van der Waals surface area (Å²) in [6.07, 6.45) is 0.0974. The lowest BCUT2D eigenvalue weighted by molar-refractivity contribution is 0.0863. The molecule has 5 heteroatoms. The van der Waals surface area contributed by atoms with Crippen molar-refractivity contribution in [1.82, 2.24) is 0 Å². The van der Waals surface area contributed by atoms with Crippen LogP contribution in [-0.4, -0.2) is 19.1 Å². The van der Waals surface area contributed by atoms with Crippen LogP contribution in [0.15, 0.2) is 28.5 Å². The minimum Gasteiger partial charge on any atom is -0.390 e. The van der Waals surface area contributed by atoms with Gasteiger partial charge in [0, 0.05) is 17.4 Å². The maximum atomic E-state index is 13.7. The molecule has 0 saturated carbocycles. The molecule has 0 radical (unpaired) electrons. The third kappa shape index (κ3) is 2.25. The molecule has 1 aliphatic heterocycles. The van der Waals surface area contributed by atoms with E-state index in [1.54, 1.807) is 13.8 Å². The van der Waals surface area contributed by atoms with Crippen LogP contribution in [0.3, 0.4) is 0 Å². The lowest BCUT2D eigenvalue weighted by Crippen LogP contribution is -2.18. The average molecular weight is 256 g/mol. The van der Waals surface area contributed by atoms with Crippen LogP contribution in [0.2, 0.25) is 0 Å². The van der Waals surface area contributed by atoms with Crippen LogP contribution in [0.1, 0.15) is 25.8 Å². The van der Waals surface area contributed by atoms with Gasteiger partial charge < -0.3 is 5.11 Å². The van der Waals surface area contributed by atoms with Gasteiger partial charge in [-0.2, -0.15) is 0 Å². The van der Waals surface area contributed by atoms with Crippen molar-refractivity contribution in [2.24, 2.45) is 0 Å². The third-order valence-corrected chi connectivity index (χ3v) is 4.07. The Morgan fingerprint density at radius 2 is 2.00 bits per heavy atom. The molecule has 0 spiro atoms. The molecule has 0 bridgehead atoms. The predicted molar refractivity (Wildman–Crippen MR) is 62.5 cm³/mol. The Morgan fingerprint density at radius 3 is 2.59 bits per heavy atom. The fourth-order valence-corrected chi connectivity index (χ4v) is 3.44. The molecule has 0 atom stereocenters. The van der Waals surface area contributed by atoms with E-state index in [0.717, 1.165) is 5.41 Å². The van der Waals surface area contributed by atoms with Gasteiger partial charge in [-0.3, -0.25) is 0 Å². The molecule has 1 N–H and O–H groups in total. The number of hydrogen-bond acceptors (Lipinski definition) is 3. The average Bonchev–Trinajstić information content (AvgIpc) is 2.36. The summed E-state index contributed by atoms with van der Waals surface area (Å²) in [6.45, 7) is 3.11. The van der Waals surface area contributed by atoms with Crippen LogP contribution in [-0.2, 0) is 9.84 Å². The van der Waals surface area contributed by atoms with E-state index in [2.05, 4.69) is 0 Å². The minimum atomic E-state index is -3.56. The minimum absolute atomic E-state index is 0.0169. The van der Waals surface area contributed by atoms with Crippen molar-refractivity contribution in [1.29, 1.82) is 0 Å². The van der Waals surface area contributed by atoms with Gasteiger partial charge in [-0.25, -0.2) is 12.8 Å². The van der Waals surface area contributed by atoms with Crippen molar-refractivity contribution in [3.05, 3.63) is 35.0 Å². The highest BCUT2D eigenvalue weighted by Gasteiger charge is 2.31. The highest BCUT2D eigenvalue weighted by atomic mass is 32.2. The van der Waals surface area contributed by atoms with Crippen LogP contribution >= 0.6 is 0 Å². The summed E-state index contributed by atoms with van der Waals surface area (Å²) in [5.41, 5.74) is -0.661. The van der Waals surface area contributed by atoms with E-state index >= 15 is 0 Å². The van der Waals surface area contributed by atoms with E-state index in [0.29, 0.717) is 5.57 Å². The lowest BCUT2D eigenvalue weighted by Gasteiger charge is -2.18. The lowest BCUT2D eigenvalue weighted by atomic mass is 9.94. The molecular formula is C12H13FO3S. The van der Waals surface area contributed by atoms with Crippen molar-refractivity contribution in [3.8, 4) is 0 Å². The van der Waals surface area contributed by atoms with E-state index in [1.807, 2.05) is 0 Å². The van der Waals surface area contributed by atoms with E-state index in [-0.39, 0.29) is 16.9 Å². The molecule has 0 fully saturated rings. The number of sulfone groups is 1. The summed E-state index contributed by atoms with van der Waals surface area (Å²) >= 11 is 0. The highest BCUT2D eigenvalue weighted by molar-refractivity contribution is 7.95. The Balaban J connectivity index is 2.60. The number of benzene rings is 1. The summed E-state index contributed by atoms with van der Waals surface area (Å²) in [5.74, 6) is -0.570. The first-order chi connectivity index (χ1) is 7.71. The fraction of sp³-hybridized carbons (Fsp3) is 0.333. The molecule has 2 rings (SSSR count). The van der Waals surface area contributed by atoms with Crippen LogP contribution in [0, 0.1) is 5.82 Å². The summed E-state index contributed by atoms with van der Waals surface area (Å²) in [7, 11) is -3.56. The summed E-state index contributed by atoms with van der Waals surface area (Å²) in [4.78, 5) is -0.0169. The molecule has 1 aromatic rings. The van der Waals surface area contributed by atoms with Crippen LogP contribution in [0.4, 0.5) is 4.39 Å². The number of halogens is 1. The van der Waals surface area contributed by atoms with Crippen molar-refractivity contribution in [3.63, 3.8) is 0 Å². The molecule has 92 valence electrons. The Hall–Kier alpha value is -1.20. The van der Waals surface area contributed by atoms with Gasteiger partial charge in [0.1, 0.15) is 5.82 Å². The van der Waals surface area contributed by atoms with E-state index in [9.17, 15) is 17.9 Å². The second kappa shape index (κ2) is 3.65. The van der Waals surface area contributed by atoms with Gasteiger partial charge in [-0.15, -0.1) is 0 Å². The molecule has 1 heterocycles. The van der Waals surface area contributed by atoms with Gasteiger partial charge in [0.2, 0.25) is 9.84 Å². The smallest absolute Gasteiger partial charge is 0.200 e. The number of fused-ring (bicyclic) bond motifs is 1. The second-order valence-electron chi connectivity index (χ2n) is 4.79. The van der Waals surface area contributed by atoms with Crippen molar-refractivity contribution < 1.29 is 17.9 Å². The Morgan fingerprint density at radius 1 is 1.35 bits per heavy atom. The van der Waals surface area contributed by atoms with E-state index in [1.165, 1.54) is 18.2 Å². The Bertz CT molecular complexity index is 595. The SMILES string of the molecule is CC(C)(O)CC1=CS(=O)(=O)c2cccc(F)c21. The Labute approximate surface area is 99.5 Å². The molecule has 0 aliphatic carbocycles. The first-order valence-electron chi connectivity index (χ1n) is 5.18. The number of hydrogen-bond donors (Lipinski definition) is 1. The number of rotatable bonds is 2. The maximum Gasteiger partial charge on any atom is 0.200 e. The van der Waals surface area contributed by atoms with Gasteiger partial charge in [0.25, 0.3) is 0 Å². The summed E-state index contributed by atoms with van der Waals surface area (Å²) in [5, 5.41) is 10.7. The first kappa shape index (κ1) is 12.3. The first-order valence-corrected chi connectivity index (χ1v) is 6.72. The van der Waals surface area contributed by atoms with Gasteiger partial charge in [-0.05, 0) is 31.6 Å². The van der Waals surface area contributed by atoms with Gasteiger partial charge in [0.05, 0.1) is 10.5 Å².